The van der Waals surface area contributed by atoms with Gasteiger partial charge in [-0.3, -0.25) is 0 Å². The van der Waals surface area contributed by atoms with Gasteiger partial charge in [-0.05, 0) is 12.3 Å². The molecular formula is C15H24N4O3. The van der Waals surface area contributed by atoms with Gasteiger partial charge >= 0.3 is 6.03 Å². The molecule has 1 atom stereocenters. The Morgan fingerprint density at radius 2 is 2.41 bits per heavy atom. The topological polar surface area (TPSA) is 76.6 Å². The zero-order valence-corrected chi connectivity index (χ0v) is 13.4. The molecule has 0 radical (unpaired) electrons. The molecule has 0 unspecified atom stereocenters. The summed E-state index contributed by atoms with van der Waals surface area (Å²) in [7, 11) is 1.55. The molecule has 1 N–H and O–H groups in total. The van der Waals surface area contributed by atoms with E-state index in [0.29, 0.717) is 37.3 Å². The first-order valence-corrected chi connectivity index (χ1v) is 7.60. The highest BCUT2D eigenvalue weighted by Crippen LogP contribution is 2.13. The number of methoxy groups -OCH3 is 1. The molecule has 7 heteroatoms. The maximum absolute atomic E-state index is 12.3. The number of carbonyl (C=O) groups is 1. The van der Waals surface area contributed by atoms with Crippen molar-refractivity contribution in [2.45, 2.75) is 32.9 Å². The third-order valence-electron chi connectivity index (χ3n) is 3.62. The summed E-state index contributed by atoms with van der Waals surface area (Å²) < 4.78 is 10.8. The molecule has 2 heterocycles. The Balaban J connectivity index is 1.90. The predicted octanol–water partition coefficient (Wildman–Crippen LogP) is 1.44. The van der Waals surface area contributed by atoms with Crippen LogP contribution in [0, 0.1) is 5.92 Å². The number of rotatable bonds is 4. The molecule has 1 aliphatic heterocycles. The quantitative estimate of drug-likeness (QED) is 0.911. The smallest absolute Gasteiger partial charge is 0.317 e. The largest absolute Gasteiger partial charge is 0.481 e. The number of nitrogens with one attached hydrogen (secondary N) is 1. The summed E-state index contributed by atoms with van der Waals surface area (Å²) >= 11 is 0. The average Bonchev–Trinajstić information content (AvgIpc) is 2.79. The molecule has 122 valence electrons. The fourth-order valence-electron chi connectivity index (χ4n) is 2.28. The summed E-state index contributed by atoms with van der Waals surface area (Å²) in [5, 5.41) is 2.86. The molecule has 0 saturated carbocycles. The van der Waals surface area contributed by atoms with Crippen LogP contribution >= 0.6 is 0 Å². The molecule has 0 aromatic carbocycles. The number of urea groups is 1. The highest BCUT2D eigenvalue weighted by Gasteiger charge is 2.24. The lowest BCUT2D eigenvalue weighted by Crippen LogP contribution is -2.44. The van der Waals surface area contributed by atoms with E-state index in [1.165, 1.54) is 0 Å². The minimum atomic E-state index is -0.109. The van der Waals surface area contributed by atoms with Gasteiger partial charge < -0.3 is 19.7 Å². The van der Waals surface area contributed by atoms with Crippen LogP contribution < -0.4 is 10.1 Å². The van der Waals surface area contributed by atoms with Crippen molar-refractivity contribution in [3.63, 3.8) is 0 Å². The maximum atomic E-state index is 12.3. The summed E-state index contributed by atoms with van der Waals surface area (Å²) in [6.07, 6.45) is 2.55. The monoisotopic (exact) mass is 308 g/mol. The van der Waals surface area contributed by atoms with Crippen molar-refractivity contribution < 1.29 is 14.3 Å². The Morgan fingerprint density at radius 1 is 1.59 bits per heavy atom. The van der Waals surface area contributed by atoms with Gasteiger partial charge in [-0.1, -0.05) is 13.8 Å². The third-order valence-corrected chi connectivity index (χ3v) is 3.62. The summed E-state index contributed by atoms with van der Waals surface area (Å²) in [6, 6.07) is 1.56. The van der Waals surface area contributed by atoms with Gasteiger partial charge in [0, 0.05) is 32.0 Å². The summed E-state index contributed by atoms with van der Waals surface area (Å²) in [5.74, 6) is 1.40. The fourth-order valence-corrected chi connectivity index (χ4v) is 2.28. The first kappa shape index (κ1) is 16.5. The number of aromatic nitrogens is 2. The zero-order chi connectivity index (χ0) is 15.9. The molecule has 1 aliphatic rings. The van der Waals surface area contributed by atoms with E-state index in [-0.39, 0.29) is 18.7 Å². The van der Waals surface area contributed by atoms with E-state index in [9.17, 15) is 4.79 Å². The molecular weight excluding hydrogens is 284 g/mol. The van der Waals surface area contributed by atoms with E-state index in [1.807, 2.05) is 0 Å². The van der Waals surface area contributed by atoms with Crippen molar-refractivity contribution in [3.8, 4) is 5.88 Å². The molecule has 0 bridgehead atoms. The van der Waals surface area contributed by atoms with Crippen LogP contribution in [0.25, 0.3) is 0 Å². The van der Waals surface area contributed by atoms with Crippen LogP contribution in [0.3, 0.4) is 0 Å². The molecule has 2 amide bonds. The highest BCUT2D eigenvalue weighted by molar-refractivity contribution is 5.74. The van der Waals surface area contributed by atoms with E-state index in [4.69, 9.17) is 9.47 Å². The second-order valence-corrected chi connectivity index (χ2v) is 5.63. The predicted molar refractivity (Wildman–Crippen MR) is 81.6 cm³/mol. The second-order valence-electron chi connectivity index (χ2n) is 5.63. The Morgan fingerprint density at radius 3 is 3.14 bits per heavy atom. The molecule has 0 spiro atoms. The molecule has 0 aliphatic carbocycles. The lowest BCUT2D eigenvalue weighted by molar-refractivity contribution is 0.0267. The Kier molecular flexibility index (Phi) is 5.94. The minimum absolute atomic E-state index is 0.0846. The zero-order valence-electron chi connectivity index (χ0n) is 13.4. The SMILES string of the molecule is COc1ccnc(CNC(=O)N2CCCO[C@@H](C(C)C)C2)n1. The van der Waals surface area contributed by atoms with Gasteiger partial charge in [-0.25, -0.2) is 9.78 Å². The lowest BCUT2D eigenvalue weighted by atomic mass is 10.1. The number of ether oxygens (including phenoxy) is 2. The van der Waals surface area contributed by atoms with Crippen LogP contribution in [0.15, 0.2) is 12.3 Å². The average molecular weight is 308 g/mol. The second kappa shape index (κ2) is 7.93. The van der Waals surface area contributed by atoms with Gasteiger partial charge in [0.1, 0.15) is 0 Å². The van der Waals surface area contributed by atoms with E-state index < -0.39 is 0 Å². The van der Waals surface area contributed by atoms with Crippen molar-refractivity contribution in [1.29, 1.82) is 0 Å². The van der Waals surface area contributed by atoms with Crippen LogP contribution in [0.4, 0.5) is 4.79 Å². The highest BCUT2D eigenvalue weighted by atomic mass is 16.5. The van der Waals surface area contributed by atoms with Crippen LogP contribution in [0.1, 0.15) is 26.1 Å². The normalized spacial score (nSPS) is 18.9. The van der Waals surface area contributed by atoms with Gasteiger partial charge in [-0.15, -0.1) is 0 Å². The van der Waals surface area contributed by atoms with E-state index in [2.05, 4.69) is 29.1 Å². The van der Waals surface area contributed by atoms with Gasteiger partial charge in [0.25, 0.3) is 0 Å². The van der Waals surface area contributed by atoms with Crippen LogP contribution in [-0.4, -0.2) is 53.8 Å². The molecule has 1 saturated heterocycles. The Labute approximate surface area is 131 Å². The minimum Gasteiger partial charge on any atom is -0.481 e. The Hall–Kier alpha value is -1.89. The van der Waals surface area contributed by atoms with E-state index in [0.717, 1.165) is 6.42 Å². The van der Waals surface area contributed by atoms with Gasteiger partial charge in [0.05, 0.1) is 19.8 Å². The maximum Gasteiger partial charge on any atom is 0.317 e. The van der Waals surface area contributed by atoms with Gasteiger partial charge in [0.15, 0.2) is 5.82 Å². The summed E-state index contributed by atoms with van der Waals surface area (Å²) in [5.41, 5.74) is 0. The number of carbonyl (C=O) groups excluding carboxylic acids is 1. The molecule has 1 fully saturated rings. The van der Waals surface area contributed by atoms with Crippen molar-refractivity contribution in [2.24, 2.45) is 5.92 Å². The number of nitrogens with zero attached hydrogens (tertiary/aromatic N) is 3. The van der Waals surface area contributed by atoms with Crippen molar-refractivity contribution in [3.05, 3.63) is 18.1 Å². The number of amides is 2. The van der Waals surface area contributed by atoms with Gasteiger partial charge in [-0.2, -0.15) is 4.98 Å². The van der Waals surface area contributed by atoms with E-state index >= 15 is 0 Å². The molecule has 1 aromatic heterocycles. The summed E-state index contributed by atoms with van der Waals surface area (Å²) in [4.78, 5) is 22.4. The first-order valence-electron chi connectivity index (χ1n) is 7.60. The number of hydrogen-bond acceptors (Lipinski definition) is 5. The van der Waals surface area contributed by atoms with Crippen LogP contribution in [-0.2, 0) is 11.3 Å². The lowest BCUT2D eigenvalue weighted by Gasteiger charge is -2.26. The third kappa shape index (κ3) is 4.56. The molecule has 7 nitrogen and oxygen atoms in total. The summed E-state index contributed by atoms with van der Waals surface area (Å²) in [6.45, 7) is 6.51. The molecule has 2 rings (SSSR count). The first-order chi connectivity index (χ1) is 10.6. The van der Waals surface area contributed by atoms with Crippen LogP contribution in [0.2, 0.25) is 0 Å². The van der Waals surface area contributed by atoms with Crippen molar-refractivity contribution >= 4 is 6.03 Å². The van der Waals surface area contributed by atoms with Crippen LogP contribution in [0.5, 0.6) is 5.88 Å². The standard InChI is InChI=1S/C15H24N4O3/c1-11(2)12-10-19(7-4-8-22-12)15(20)17-9-13-16-6-5-14(18-13)21-3/h5-6,11-12H,4,7-10H2,1-3H3,(H,17,20)/t12-/m1/s1. The fraction of sp³-hybridized carbons (Fsp3) is 0.667. The number of hydrogen-bond donors (Lipinski definition) is 1. The molecule has 1 aromatic rings. The van der Waals surface area contributed by atoms with Gasteiger partial charge in [0.2, 0.25) is 5.88 Å². The van der Waals surface area contributed by atoms with E-state index in [1.54, 1.807) is 24.3 Å². The molecule has 22 heavy (non-hydrogen) atoms. The van der Waals surface area contributed by atoms with Crippen molar-refractivity contribution in [2.75, 3.05) is 26.8 Å². The Bertz CT molecular complexity index is 495. The van der Waals surface area contributed by atoms with Crippen molar-refractivity contribution in [1.82, 2.24) is 20.2 Å².